The highest BCUT2D eigenvalue weighted by molar-refractivity contribution is 9.10. The molecule has 1 aromatic heterocycles. The smallest absolute Gasteiger partial charge is 0.163 e. The number of aromatic nitrogens is 2. The third-order valence-electron chi connectivity index (χ3n) is 2.99. The molecule has 0 unspecified atom stereocenters. The van der Waals surface area contributed by atoms with Gasteiger partial charge in [-0.3, -0.25) is 5.43 Å². The summed E-state index contributed by atoms with van der Waals surface area (Å²) in [7, 11) is 0. The quantitative estimate of drug-likeness (QED) is 0.389. The molecule has 114 valence electrons. The number of rotatable bonds is 4. The van der Waals surface area contributed by atoms with Crippen molar-refractivity contribution in [2.75, 3.05) is 5.43 Å². The summed E-state index contributed by atoms with van der Waals surface area (Å²) in [6.45, 7) is 0. The number of benzene rings is 2. The Bertz CT molecular complexity index is 820. The van der Waals surface area contributed by atoms with Gasteiger partial charge in [-0.15, -0.1) is 0 Å². The minimum absolute atomic E-state index is 0.361. The second kappa shape index (κ2) is 7.35. The molecule has 0 aliphatic heterocycles. The first kappa shape index (κ1) is 15.6. The molecule has 2 aromatic carbocycles. The fourth-order valence-electron chi connectivity index (χ4n) is 1.91. The molecule has 1 N–H and O–H groups in total. The summed E-state index contributed by atoms with van der Waals surface area (Å²) in [5.74, 6) is 1.09. The lowest BCUT2D eigenvalue weighted by molar-refractivity contribution is 1.15. The molecule has 1 heterocycles. The Hall–Kier alpha value is -2.24. The summed E-state index contributed by atoms with van der Waals surface area (Å²) in [6, 6.07) is 19.1. The van der Waals surface area contributed by atoms with Gasteiger partial charge in [0.05, 0.1) is 6.21 Å². The number of nitrogens with zero attached hydrogens (tertiary/aromatic N) is 3. The van der Waals surface area contributed by atoms with E-state index in [0.29, 0.717) is 16.8 Å². The van der Waals surface area contributed by atoms with Crippen molar-refractivity contribution in [3.8, 4) is 11.4 Å². The topological polar surface area (TPSA) is 50.2 Å². The van der Waals surface area contributed by atoms with Gasteiger partial charge in [0.1, 0.15) is 5.15 Å². The summed E-state index contributed by atoms with van der Waals surface area (Å²) in [5, 5.41) is 4.54. The first-order valence-electron chi connectivity index (χ1n) is 6.85. The fraction of sp³-hybridized carbons (Fsp3) is 0. The third-order valence-corrected chi connectivity index (χ3v) is 3.71. The van der Waals surface area contributed by atoms with Crippen LogP contribution in [0.4, 0.5) is 5.82 Å². The van der Waals surface area contributed by atoms with Gasteiger partial charge in [0.15, 0.2) is 11.6 Å². The molecular weight excluding hydrogens is 376 g/mol. The standard InChI is InChI=1S/C17H12BrClN4/c18-14-8-6-12(7-9-14)11-20-23-16-10-15(19)21-17(22-16)13-4-2-1-3-5-13/h1-11H,(H,21,22,23)/b20-11+. The maximum atomic E-state index is 6.07. The fourth-order valence-corrected chi connectivity index (χ4v) is 2.36. The molecule has 4 nitrogen and oxygen atoms in total. The van der Waals surface area contributed by atoms with E-state index in [0.717, 1.165) is 15.6 Å². The maximum Gasteiger partial charge on any atom is 0.163 e. The molecule has 0 amide bonds. The molecule has 23 heavy (non-hydrogen) atoms. The first-order chi connectivity index (χ1) is 11.2. The van der Waals surface area contributed by atoms with Crippen LogP contribution in [-0.2, 0) is 0 Å². The summed E-state index contributed by atoms with van der Waals surface area (Å²) >= 11 is 9.46. The molecule has 0 fully saturated rings. The molecule has 0 aliphatic carbocycles. The zero-order valence-corrected chi connectivity index (χ0v) is 14.3. The van der Waals surface area contributed by atoms with E-state index in [1.807, 2.05) is 54.6 Å². The van der Waals surface area contributed by atoms with Crippen LogP contribution in [0.2, 0.25) is 5.15 Å². The predicted octanol–water partition coefficient (Wildman–Crippen LogP) is 5.01. The van der Waals surface area contributed by atoms with E-state index in [1.54, 1.807) is 12.3 Å². The molecular formula is C17H12BrClN4. The highest BCUT2D eigenvalue weighted by Crippen LogP contribution is 2.20. The van der Waals surface area contributed by atoms with Gasteiger partial charge in [-0.2, -0.15) is 5.10 Å². The van der Waals surface area contributed by atoms with Crippen LogP contribution < -0.4 is 5.43 Å². The zero-order valence-electron chi connectivity index (χ0n) is 11.9. The van der Waals surface area contributed by atoms with E-state index in [-0.39, 0.29) is 0 Å². The van der Waals surface area contributed by atoms with Gasteiger partial charge in [-0.05, 0) is 17.7 Å². The van der Waals surface area contributed by atoms with Crippen LogP contribution in [0, 0.1) is 0 Å². The zero-order chi connectivity index (χ0) is 16.1. The largest absolute Gasteiger partial charge is 0.261 e. The summed E-state index contributed by atoms with van der Waals surface area (Å²) in [4.78, 5) is 8.66. The highest BCUT2D eigenvalue weighted by atomic mass is 79.9. The van der Waals surface area contributed by atoms with E-state index < -0.39 is 0 Å². The van der Waals surface area contributed by atoms with Crippen molar-refractivity contribution in [3.05, 3.63) is 75.9 Å². The van der Waals surface area contributed by atoms with Gasteiger partial charge in [0, 0.05) is 16.1 Å². The summed E-state index contributed by atoms with van der Waals surface area (Å²) in [6.07, 6.45) is 1.71. The molecule has 0 saturated carbocycles. The predicted molar refractivity (Wildman–Crippen MR) is 97.8 cm³/mol. The van der Waals surface area contributed by atoms with Crippen molar-refractivity contribution in [1.82, 2.24) is 9.97 Å². The van der Waals surface area contributed by atoms with Crippen molar-refractivity contribution in [2.24, 2.45) is 5.10 Å². The lowest BCUT2D eigenvalue weighted by Crippen LogP contribution is -1.97. The Morgan fingerprint density at radius 3 is 2.48 bits per heavy atom. The second-order valence-electron chi connectivity index (χ2n) is 4.69. The minimum Gasteiger partial charge on any atom is -0.261 e. The lowest BCUT2D eigenvalue weighted by Gasteiger charge is -2.04. The summed E-state index contributed by atoms with van der Waals surface area (Å²) < 4.78 is 1.03. The molecule has 0 saturated heterocycles. The number of hydrogen-bond acceptors (Lipinski definition) is 4. The van der Waals surface area contributed by atoms with Crippen LogP contribution >= 0.6 is 27.5 Å². The molecule has 0 radical (unpaired) electrons. The van der Waals surface area contributed by atoms with Gasteiger partial charge in [-0.25, -0.2) is 9.97 Å². The van der Waals surface area contributed by atoms with Crippen molar-refractivity contribution in [2.45, 2.75) is 0 Å². The average Bonchev–Trinajstić information content (AvgIpc) is 2.57. The Morgan fingerprint density at radius 2 is 1.74 bits per heavy atom. The van der Waals surface area contributed by atoms with E-state index in [1.165, 1.54) is 0 Å². The van der Waals surface area contributed by atoms with Crippen LogP contribution in [0.25, 0.3) is 11.4 Å². The van der Waals surface area contributed by atoms with E-state index >= 15 is 0 Å². The van der Waals surface area contributed by atoms with Crippen LogP contribution in [0.15, 0.2) is 70.2 Å². The maximum absolute atomic E-state index is 6.07. The average molecular weight is 388 g/mol. The van der Waals surface area contributed by atoms with Crippen molar-refractivity contribution < 1.29 is 0 Å². The number of hydrazone groups is 1. The van der Waals surface area contributed by atoms with Crippen LogP contribution in [0.1, 0.15) is 5.56 Å². The molecule has 0 atom stereocenters. The lowest BCUT2D eigenvalue weighted by atomic mass is 10.2. The molecule has 6 heteroatoms. The van der Waals surface area contributed by atoms with Gasteiger partial charge in [0.25, 0.3) is 0 Å². The molecule has 0 aliphatic rings. The van der Waals surface area contributed by atoms with Crippen LogP contribution in [0.3, 0.4) is 0 Å². The SMILES string of the molecule is Clc1cc(N/N=C/c2ccc(Br)cc2)nc(-c2ccccc2)n1. The Kier molecular flexibility index (Phi) is 5.00. The molecule has 3 aromatic rings. The van der Waals surface area contributed by atoms with Gasteiger partial charge in [0.2, 0.25) is 0 Å². The van der Waals surface area contributed by atoms with E-state index in [4.69, 9.17) is 11.6 Å². The highest BCUT2D eigenvalue weighted by Gasteiger charge is 2.04. The Morgan fingerprint density at radius 1 is 1.00 bits per heavy atom. The number of hydrogen-bond donors (Lipinski definition) is 1. The Labute approximate surface area is 147 Å². The van der Waals surface area contributed by atoms with Crippen molar-refractivity contribution in [1.29, 1.82) is 0 Å². The number of anilines is 1. The Balaban J connectivity index is 1.78. The van der Waals surface area contributed by atoms with Gasteiger partial charge >= 0.3 is 0 Å². The van der Waals surface area contributed by atoms with Gasteiger partial charge < -0.3 is 0 Å². The molecule has 0 spiro atoms. The monoisotopic (exact) mass is 386 g/mol. The van der Waals surface area contributed by atoms with Gasteiger partial charge in [-0.1, -0.05) is 70.0 Å². The minimum atomic E-state index is 0.361. The number of halogens is 2. The molecule has 0 bridgehead atoms. The normalized spacial score (nSPS) is 10.9. The first-order valence-corrected chi connectivity index (χ1v) is 8.02. The second-order valence-corrected chi connectivity index (χ2v) is 5.99. The van der Waals surface area contributed by atoms with E-state index in [2.05, 4.69) is 36.4 Å². The van der Waals surface area contributed by atoms with Crippen molar-refractivity contribution >= 4 is 39.6 Å². The molecule has 3 rings (SSSR count). The number of nitrogens with one attached hydrogen (secondary N) is 1. The van der Waals surface area contributed by atoms with Crippen LogP contribution in [-0.4, -0.2) is 16.2 Å². The van der Waals surface area contributed by atoms with Crippen LogP contribution in [0.5, 0.6) is 0 Å². The van der Waals surface area contributed by atoms with E-state index in [9.17, 15) is 0 Å². The summed E-state index contributed by atoms with van der Waals surface area (Å²) in [5.41, 5.74) is 4.76. The van der Waals surface area contributed by atoms with Crippen molar-refractivity contribution in [3.63, 3.8) is 0 Å². The third kappa shape index (κ3) is 4.37.